The SMILES string of the molecule is Cc1nn(C)c2ncn(Cc3nc(C4C5CN(c6cc(Cl)ccn6)CC54)no3)c(=O)c12. The number of pyridine rings is 1. The number of piperidine rings is 1. The first kappa shape index (κ1) is 18.5. The molecule has 0 radical (unpaired) electrons. The quantitative estimate of drug-likeness (QED) is 0.474. The van der Waals surface area contributed by atoms with Crippen LogP contribution in [0.2, 0.25) is 5.02 Å². The van der Waals surface area contributed by atoms with Gasteiger partial charge in [-0.3, -0.25) is 9.36 Å². The Kier molecular flexibility index (Phi) is 3.95. The van der Waals surface area contributed by atoms with Crippen LogP contribution in [-0.2, 0) is 13.6 Å². The van der Waals surface area contributed by atoms with Gasteiger partial charge in [-0.1, -0.05) is 16.8 Å². The predicted octanol–water partition coefficient (Wildman–Crippen LogP) is 1.77. The third-order valence-electron chi connectivity index (χ3n) is 6.30. The van der Waals surface area contributed by atoms with Gasteiger partial charge in [0.1, 0.15) is 24.1 Å². The van der Waals surface area contributed by atoms with Gasteiger partial charge in [-0.25, -0.2) is 14.6 Å². The Bertz CT molecular complexity index is 1360. The van der Waals surface area contributed by atoms with Crippen molar-refractivity contribution in [2.24, 2.45) is 18.9 Å². The van der Waals surface area contributed by atoms with Crippen molar-refractivity contribution in [3.8, 4) is 0 Å². The summed E-state index contributed by atoms with van der Waals surface area (Å²) in [5.41, 5.74) is 1.05. The summed E-state index contributed by atoms with van der Waals surface area (Å²) in [6.07, 6.45) is 3.23. The Morgan fingerprint density at radius 3 is 2.84 bits per heavy atom. The lowest BCUT2D eigenvalue weighted by Gasteiger charge is -2.20. The van der Waals surface area contributed by atoms with Crippen molar-refractivity contribution >= 4 is 28.5 Å². The van der Waals surface area contributed by atoms with Crippen LogP contribution in [0.1, 0.15) is 23.3 Å². The fraction of sp³-hybridized carbons (Fsp3) is 0.400. The Morgan fingerprint density at radius 1 is 1.26 bits per heavy atom. The Hall–Kier alpha value is -3.27. The molecule has 158 valence electrons. The number of aromatic nitrogens is 7. The second-order valence-electron chi connectivity index (χ2n) is 8.22. The second kappa shape index (κ2) is 6.61. The molecule has 4 aromatic heterocycles. The van der Waals surface area contributed by atoms with Crippen molar-refractivity contribution in [1.29, 1.82) is 0 Å². The summed E-state index contributed by atoms with van der Waals surface area (Å²) in [5, 5.41) is 9.66. The molecule has 0 bridgehead atoms. The van der Waals surface area contributed by atoms with E-state index >= 15 is 0 Å². The maximum atomic E-state index is 12.8. The highest BCUT2D eigenvalue weighted by molar-refractivity contribution is 6.30. The molecule has 6 rings (SSSR count). The van der Waals surface area contributed by atoms with Crippen molar-refractivity contribution in [2.75, 3.05) is 18.0 Å². The molecule has 1 saturated carbocycles. The molecule has 11 heteroatoms. The van der Waals surface area contributed by atoms with Gasteiger partial charge in [0.25, 0.3) is 5.56 Å². The fourth-order valence-corrected chi connectivity index (χ4v) is 4.91. The van der Waals surface area contributed by atoms with Crippen LogP contribution >= 0.6 is 11.6 Å². The molecule has 1 saturated heterocycles. The lowest BCUT2D eigenvalue weighted by atomic mass is 10.2. The summed E-state index contributed by atoms with van der Waals surface area (Å²) >= 11 is 6.09. The molecular weight excluding hydrogens is 420 g/mol. The first-order chi connectivity index (χ1) is 15.0. The molecule has 1 aliphatic carbocycles. The van der Waals surface area contributed by atoms with Gasteiger partial charge < -0.3 is 9.42 Å². The summed E-state index contributed by atoms with van der Waals surface area (Å²) in [7, 11) is 1.77. The molecule has 0 N–H and O–H groups in total. The van der Waals surface area contributed by atoms with Gasteiger partial charge >= 0.3 is 0 Å². The highest BCUT2D eigenvalue weighted by atomic mass is 35.5. The minimum atomic E-state index is -0.164. The van der Waals surface area contributed by atoms with Crippen molar-refractivity contribution in [3.05, 3.63) is 57.4 Å². The summed E-state index contributed by atoms with van der Waals surface area (Å²) < 4.78 is 8.54. The number of halogens is 1. The zero-order chi connectivity index (χ0) is 21.3. The zero-order valence-electron chi connectivity index (χ0n) is 16.9. The van der Waals surface area contributed by atoms with E-state index in [0.29, 0.717) is 45.3 Å². The van der Waals surface area contributed by atoms with Gasteiger partial charge in [-0.2, -0.15) is 10.1 Å². The predicted molar refractivity (Wildman–Crippen MR) is 112 cm³/mol. The molecule has 0 aromatic carbocycles. The number of fused-ring (bicyclic) bond motifs is 2. The number of anilines is 1. The second-order valence-corrected chi connectivity index (χ2v) is 8.66. The average molecular weight is 439 g/mol. The maximum Gasteiger partial charge on any atom is 0.265 e. The fourth-order valence-electron chi connectivity index (χ4n) is 4.75. The molecule has 2 unspecified atom stereocenters. The number of aryl methyl sites for hydroxylation is 2. The highest BCUT2D eigenvalue weighted by Crippen LogP contribution is 2.57. The zero-order valence-corrected chi connectivity index (χ0v) is 17.7. The summed E-state index contributed by atoms with van der Waals surface area (Å²) in [6, 6.07) is 3.67. The number of hydrogen-bond donors (Lipinski definition) is 0. The lowest BCUT2D eigenvalue weighted by molar-refractivity contribution is 0.363. The van der Waals surface area contributed by atoms with Crippen LogP contribution in [0.5, 0.6) is 0 Å². The van der Waals surface area contributed by atoms with Gasteiger partial charge in [0.05, 0.1) is 5.69 Å². The van der Waals surface area contributed by atoms with E-state index in [4.69, 9.17) is 16.1 Å². The minimum Gasteiger partial charge on any atom is -0.356 e. The van der Waals surface area contributed by atoms with Crippen molar-refractivity contribution < 1.29 is 4.52 Å². The number of hydrogen-bond acceptors (Lipinski definition) is 8. The molecule has 31 heavy (non-hydrogen) atoms. The molecule has 0 spiro atoms. The van der Waals surface area contributed by atoms with E-state index in [0.717, 1.165) is 18.9 Å². The van der Waals surface area contributed by atoms with E-state index in [9.17, 15) is 4.79 Å². The van der Waals surface area contributed by atoms with Crippen LogP contribution in [0.15, 0.2) is 34.0 Å². The summed E-state index contributed by atoms with van der Waals surface area (Å²) in [6.45, 7) is 3.78. The Balaban J connectivity index is 1.18. The van der Waals surface area contributed by atoms with Gasteiger partial charge in [0.2, 0.25) is 5.89 Å². The van der Waals surface area contributed by atoms with Gasteiger partial charge in [0, 0.05) is 37.3 Å². The summed E-state index contributed by atoms with van der Waals surface area (Å²) in [5.74, 6) is 3.25. The molecule has 2 atom stereocenters. The molecular formula is C20H19ClN8O2. The third-order valence-corrected chi connectivity index (χ3v) is 6.53. The highest BCUT2D eigenvalue weighted by Gasteiger charge is 2.58. The van der Waals surface area contributed by atoms with Crippen LogP contribution in [0.3, 0.4) is 0 Å². The van der Waals surface area contributed by atoms with E-state index in [1.165, 1.54) is 10.9 Å². The van der Waals surface area contributed by atoms with Gasteiger partial charge in [-0.15, -0.1) is 0 Å². The van der Waals surface area contributed by atoms with Crippen molar-refractivity contribution in [2.45, 2.75) is 19.4 Å². The Labute approximate surface area is 181 Å². The van der Waals surface area contributed by atoms with Crippen molar-refractivity contribution in [3.63, 3.8) is 0 Å². The summed E-state index contributed by atoms with van der Waals surface area (Å²) in [4.78, 5) is 28.4. The molecule has 4 aromatic rings. The van der Waals surface area contributed by atoms with E-state index in [1.54, 1.807) is 30.9 Å². The van der Waals surface area contributed by atoms with Crippen LogP contribution < -0.4 is 10.5 Å². The van der Waals surface area contributed by atoms with Crippen LogP contribution in [0.25, 0.3) is 11.0 Å². The maximum absolute atomic E-state index is 12.8. The molecule has 10 nitrogen and oxygen atoms in total. The van der Waals surface area contributed by atoms with E-state index in [1.807, 2.05) is 6.07 Å². The van der Waals surface area contributed by atoms with Gasteiger partial charge in [-0.05, 0) is 30.9 Å². The molecule has 2 aliphatic rings. The molecule has 5 heterocycles. The first-order valence-corrected chi connectivity index (χ1v) is 10.4. The number of nitrogens with zero attached hydrogens (tertiary/aromatic N) is 8. The first-order valence-electron chi connectivity index (χ1n) is 10.1. The van der Waals surface area contributed by atoms with E-state index in [-0.39, 0.29) is 18.0 Å². The average Bonchev–Trinajstić information content (AvgIpc) is 3.12. The number of rotatable bonds is 4. The lowest BCUT2D eigenvalue weighted by Crippen LogP contribution is -2.24. The standard InChI is InChI=1S/C20H19ClN8O2/c1-10-16-19(27(2)25-10)23-9-29(20(16)30)8-15-24-18(26-31-15)17-12-6-28(7-13(12)17)14-5-11(21)3-4-22-14/h3-5,9,12-13,17H,6-8H2,1-2H3. The van der Waals surface area contributed by atoms with E-state index < -0.39 is 0 Å². The largest absolute Gasteiger partial charge is 0.356 e. The monoisotopic (exact) mass is 438 g/mol. The van der Waals surface area contributed by atoms with Gasteiger partial charge in [0.15, 0.2) is 11.5 Å². The molecule has 0 amide bonds. The molecule has 2 fully saturated rings. The van der Waals surface area contributed by atoms with E-state index in [2.05, 4.69) is 30.1 Å². The minimum absolute atomic E-state index is 0.164. The normalized spacial score (nSPS) is 22.3. The topological polar surface area (TPSA) is 108 Å². The smallest absolute Gasteiger partial charge is 0.265 e. The third kappa shape index (κ3) is 2.93. The van der Waals surface area contributed by atoms with Crippen LogP contribution in [0, 0.1) is 18.8 Å². The van der Waals surface area contributed by atoms with Crippen LogP contribution in [0.4, 0.5) is 5.82 Å². The molecule has 1 aliphatic heterocycles. The Morgan fingerprint density at radius 2 is 2.06 bits per heavy atom. The van der Waals surface area contributed by atoms with Crippen LogP contribution in [-0.4, -0.2) is 47.5 Å². The van der Waals surface area contributed by atoms with Crippen molar-refractivity contribution in [1.82, 2.24) is 34.5 Å².